The molecule has 0 amide bonds. The summed E-state index contributed by atoms with van der Waals surface area (Å²) in [6, 6.07) is 13.9. The van der Waals surface area contributed by atoms with Gasteiger partial charge in [0.15, 0.2) is 5.82 Å². The van der Waals surface area contributed by atoms with Crippen LogP contribution >= 0.6 is 24.0 Å². The second-order valence-electron chi connectivity index (χ2n) is 7.96. The monoisotopic (exact) mass is 460 g/mol. The summed E-state index contributed by atoms with van der Waals surface area (Å²) < 4.78 is 13.8. The minimum atomic E-state index is 0. The van der Waals surface area contributed by atoms with Crippen LogP contribution in [0.2, 0.25) is 5.02 Å². The molecule has 1 fully saturated rings. The zero-order chi connectivity index (χ0) is 20.5. The summed E-state index contributed by atoms with van der Waals surface area (Å²) >= 11 is 6.23. The molecule has 1 N–H and O–H groups in total. The third kappa shape index (κ3) is 4.52. The van der Waals surface area contributed by atoms with E-state index in [1.807, 2.05) is 36.4 Å². The first-order valence-corrected chi connectivity index (χ1v) is 10.8. The van der Waals surface area contributed by atoms with E-state index in [-0.39, 0.29) is 18.5 Å². The van der Waals surface area contributed by atoms with Gasteiger partial charge in [-0.2, -0.15) is 0 Å². The quantitative estimate of drug-likeness (QED) is 0.589. The van der Waals surface area contributed by atoms with Gasteiger partial charge in [-0.25, -0.2) is 0 Å². The van der Waals surface area contributed by atoms with Gasteiger partial charge in [0.1, 0.15) is 17.3 Å². The number of halogens is 2. The average molecular weight is 461 g/mol. The number of hydrogen-bond acceptors (Lipinski definition) is 5. The summed E-state index contributed by atoms with van der Waals surface area (Å²) in [5, 5.41) is 13.3. The molecule has 1 saturated carbocycles. The number of nitrogens with one attached hydrogen (secondary N) is 1. The van der Waals surface area contributed by atoms with E-state index < -0.39 is 0 Å². The van der Waals surface area contributed by atoms with Gasteiger partial charge >= 0.3 is 0 Å². The van der Waals surface area contributed by atoms with Crippen molar-refractivity contribution in [1.29, 1.82) is 0 Å². The molecule has 164 valence electrons. The Hall–Kier alpha value is -2.28. The summed E-state index contributed by atoms with van der Waals surface area (Å²) in [5.41, 5.74) is 2.31. The number of fused-ring (bicyclic) bond motifs is 3. The largest absolute Gasteiger partial charge is 0.497 e. The molecule has 2 aliphatic rings. The highest BCUT2D eigenvalue weighted by Crippen LogP contribution is 2.36. The molecule has 1 aromatic heterocycles. The summed E-state index contributed by atoms with van der Waals surface area (Å²) in [7, 11) is 1.67. The molecule has 0 unspecified atom stereocenters. The molecule has 0 bridgehead atoms. The van der Waals surface area contributed by atoms with Gasteiger partial charge in [0.25, 0.3) is 0 Å². The van der Waals surface area contributed by atoms with Crippen LogP contribution in [0, 0.1) is 0 Å². The second-order valence-corrected chi connectivity index (χ2v) is 8.39. The molecular formula is C23H26Cl2N4O2. The van der Waals surface area contributed by atoms with Crippen LogP contribution in [0.5, 0.6) is 11.5 Å². The van der Waals surface area contributed by atoms with E-state index in [0.29, 0.717) is 12.5 Å². The Balaban J connectivity index is 0.00000231. The Bertz CT molecular complexity index is 1050. The van der Waals surface area contributed by atoms with Crippen LogP contribution in [0.3, 0.4) is 0 Å². The van der Waals surface area contributed by atoms with Gasteiger partial charge in [-0.1, -0.05) is 17.7 Å². The molecule has 0 atom stereocenters. The number of methoxy groups -OCH3 is 1. The molecule has 6 nitrogen and oxygen atoms in total. The standard InChI is InChI=1S/C23H25ClN4O2.ClH/c1-29-19-3-2-4-20(12-19)30-18-8-5-15(6-9-18)23-27-26-22-14-25-13-16-11-17(24)7-10-21(16)28(22)23;/h2-4,7,10-12,15,18,25H,5-6,8-9,13-14H2,1H3;1H. The minimum Gasteiger partial charge on any atom is -0.497 e. The van der Waals surface area contributed by atoms with Gasteiger partial charge in [0, 0.05) is 23.6 Å². The first-order valence-electron chi connectivity index (χ1n) is 10.5. The summed E-state index contributed by atoms with van der Waals surface area (Å²) in [6.07, 6.45) is 4.27. The van der Waals surface area contributed by atoms with Crippen molar-refractivity contribution >= 4 is 24.0 Å². The summed E-state index contributed by atoms with van der Waals surface area (Å²) in [6.45, 7) is 1.48. The number of ether oxygens (including phenoxy) is 2. The zero-order valence-electron chi connectivity index (χ0n) is 17.4. The van der Waals surface area contributed by atoms with Crippen molar-refractivity contribution in [2.75, 3.05) is 7.11 Å². The van der Waals surface area contributed by atoms with Crippen LogP contribution in [0.15, 0.2) is 42.5 Å². The van der Waals surface area contributed by atoms with E-state index in [0.717, 1.165) is 66.1 Å². The lowest BCUT2D eigenvalue weighted by Gasteiger charge is -2.29. The topological polar surface area (TPSA) is 61.2 Å². The first kappa shape index (κ1) is 21.9. The maximum atomic E-state index is 6.23. The lowest BCUT2D eigenvalue weighted by Crippen LogP contribution is -2.25. The van der Waals surface area contributed by atoms with E-state index in [9.17, 15) is 0 Å². The Morgan fingerprint density at radius 1 is 1.00 bits per heavy atom. The molecule has 3 aromatic rings. The summed E-state index contributed by atoms with van der Waals surface area (Å²) in [5.74, 6) is 4.07. The molecule has 2 heterocycles. The van der Waals surface area contributed by atoms with Crippen molar-refractivity contribution < 1.29 is 9.47 Å². The fraction of sp³-hybridized carbons (Fsp3) is 0.391. The van der Waals surface area contributed by atoms with E-state index in [1.54, 1.807) is 7.11 Å². The van der Waals surface area contributed by atoms with Gasteiger partial charge in [-0.15, -0.1) is 22.6 Å². The van der Waals surface area contributed by atoms with Crippen molar-refractivity contribution in [2.24, 2.45) is 0 Å². The van der Waals surface area contributed by atoms with Crippen molar-refractivity contribution in [3.63, 3.8) is 0 Å². The van der Waals surface area contributed by atoms with Crippen LogP contribution in [0.25, 0.3) is 5.69 Å². The molecule has 0 radical (unpaired) electrons. The molecule has 1 aliphatic carbocycles. The first-order chi connectivity index (χ1) is 14.7. The predicted octanol–water partition coefficient (Wildman–Crippen LogP) is 5.06. The molecule has 1 aliphatic heterocycles. The lowest BCUT2D eigenvalue weighted by atomic mass is 9.86. The molecular weight excluding hydrogens is 435 g/mol. The van der Waals surface area contributed by atoms with Crippen molar-refractivity contribution in [3.8, 4) is 17.2 Å². The third-order valence-corrected chi connectivity index (χ3v) is 6.25. The molecule has 8 heteroatoms. The van der Waals surface area contributed by atoms with Crippen molar-refractivity contribution in [2.45, 2.75) is 50.8 Å². The van der Waals surface area contributed by atoms with Crippen LogP contribution in [0.1, 0.15) is 48.8 Å². The van der Waals surface area contributed by atoms with Gasteiger partial charge in [0.2, 0.25) is 0 Å². The van der Waals surface area contributed by atoms with Gasteiger partial charge < -0.3 is 14.8 Å². The maximum absolute atomic E-state index is 6.23. The highest BCUT2D eigenvalue weighted by Gasteiger charge is 2.30. The van der Waals surface area contributed by atoms with Crippen LogP contribution < -0.4 is 14.8 Å². The molecule has 0 saturated heterocycles. The van der Waals surface area contributed by atoms with E-state index in [2.05, 4.69) is 26.1 Å². The Labute approximate surface area is 193 Å². The van der Waals surface area contributed by atoms with Crippen LogP contribution in [0.4, 0.5) is 0 Å². The Morgan fingerprint density at radius 2 is 1.81 bits per heavy atom. The highest BCUT2D eigenvalue weighted by atomic mass is 35.5. The Morgan fingerprint density at radius 3 is 2.61 bits per heavy atom. The Kier molecular flexibility index (Phi) is 6.70. The number of rotatable bonds is 4. The van der Waals surface area contributed by atoms with E-state index in [4.69, 9.17) is 21.1 Å². The van der Waals surface area contributed by atoms with Gasteiger partial charge in [-0.3, -0.25) is 4.57 Å². The molecule has 2 aromatic carbocycles. The SMILES string of the molecule is COc1cccc(OC2CCC(c3nnc4n3-c3ccc(Cl)cc3CNC4)CC2)c1.Cl. The maximum Gasteiger partial charge on any atom is 0.151 e. The smallest absolute Gasteiger partial charge is 0.151 e. The molecule has 5 rings (SSSR count). The number of benzene rings is 2. The second kappa shape index (κ2) is 9.47. The fourth-order valence-electron chi connectivity index (χ4n) is 4.50. The van der Waals surface area contributed by atoms with Gasteiger partial charge in [0.05, 0.1) is 25.4 Å². The predicted molar refractivity (Wildman–Crippen MR) is 123 cm³/mol. The average Bonchev–Trinajstić information content (AvgIpc) is 3.10. The number of aromatic nitrogens is 3. The van der Waals surface area contributed by atoms with Gasteiger partial charge in [-0.05, 0) is 61.6 Å². The zero-order valence-corrected chi connectivity index (χ0v) is 19.0. The summed E-state index contributed by atoms with van der Waals surface area (Å²) in [4.78, 5) is 0. The third-order valence-electron chi connectivity index (χ3n) is 6.02. The minimum absolute atomic E-state index is 0. The molecule has 0 spiro atoms. The van der Waals surface area contributed by atoms with Crippen molar-refractivity contribution in [1.82, 2.24) is 20.1 Å². The van der Waals surface area contributed by atoms with Crippen LogP contribution in [-0.2, 0) is 13.1 Å². The van der Waals surface area contributed by atoms with E-state index in [1.165, 1.54) is 5.56 Å². The number of nitrogens with zero attached hydrogens (tertiary/aromatic N) is 3. The normalized spacial score (nSPS) is 20.1. The highest BCUT2D eigenvalue weighted by molar-refractivity contribution is 6.30. The fourth-order valence-corrected chi connectivity index (χ4v) is 4.70. The number of hydrogen-bond donors (Lipinski definition) is 1. The van der Waals surface area contributed by atoms with Crippen LogP contribution in [-0.4, -0.2) is 28.0 Å². The molecule has 31 heavy (non-hydrogen) atoms. The van der Waals surface area contributed by atoms with Crippen molar-refractivity contribution in [3.05, 3.63) is 64.7 Å². The lowest BCUT2D eigenvalue weighted by molar-refractivity contribution is 0.144. The van der Waals surface area contributed by atoms with E-state index >= 15 is 0 Å².